The number of amides is 1. The Bertz CT molecular complexity index is 479. The summed E-state index contributed by atoms with van der Waals surface area (Å²) >= 11 is 0. The molecule has 0 radical (unpaired) electrons. The molecule has 1 atom stereocenters. The molecule has 2 heterocycles. The van der Waals surface area contributed by atoms with Gasteiger partial charge in [0.2, 0.25) is 11.7 Å². The molecule has 0 aliphatic carbocycles. The summed E-state index contributed by atoms with van der Waals surface area (Å²) in [6.45, 7) is 4.34. The molecule has 0 aromatic carbocycles. The predicted molar refractivity (Wildman–Crippen MR) is 69.4 cm³/mol. The van der Waals surface area contributed by atoms with Crippen molar-refractivity contribution in [1.29, 1.82) is 0 Å². The fraction of sp³-hybridized carbons (Fsp3) is 0.538. The Balaban J connectivity index is 1.87. The first-order valence-corrected chi connectivity index (χ1v) is 6.49. The van der Waals surface area contributed by atoms with Crippen LogP contribution in [0, 0.1) is 0 Å². The lowest BCUT2D eigenvalue weighted by atomic mass is 10.2. The van der Waals surface area contributed by atoms with Gasteiger partial charge in [0.15, 0.2) is 0 Å². The molecule has 20 heavy (non-hydrogen) atoms. The van der Waals surface area contributed by atoms with Gasteiger partial charge in [0, 0.05) is 25.2 Å². The first-order chi connectivity index (χ1) is 9.59. The highest BCUT2D eigenvalue weighted by Gasteiger charge is 2.23. The number of rotatable bonds is 5. The van der Waals surface area contributed by atoms with Crippen LogP contribution >= 0.6 is 0 Å². The van der Waals surface area contributed by atoms with Crippen LogP contribution in [0.15, 0.2) is 16.7 Å². The minimum absolute atomic E-state index is 0.00586. The van der Waals surface area contributed by atoms with E-state index in [1.807, 2.05) is 0 Å². The van der Waals surface area contributed by atoms with Gasteiger partial charge in [-0.1, -0.05) is 0 Å². The Kier molecular flexibility index (Phi) is 4.75. The van der Waals surface area contributed by atoms with Crippen molar-refractivity contribution in [3.8, 4) is 0 Å². The van der Waals surface area contributed by atoms with Gasteiger partial charge in [-0.3, -0.25) is 4.79 Å². The van der Waals surface area contributed by atoms with E-state index >= 15 is 0 Å². The standard InChI is InChI=1S/C13H18N2O5/c1-9(12(16)15-3-6-19-7-4-15)14-8-10-2-5-20-11(10)13(17)18/h2,5,9,14H,3-4,6-8H2,1H3,(H,17,18). The third-order valence-electron chi connectivity index (χ3n) is 3.23. The average molecular weight is 282 g/mol. The summed E-state index contributed by atoms with van der Waals surface area (Å²) in [5.74, 6) is -1.21. The first kappa shape index (κ1) is 14.5. The lowest BCUT2D eigenvalue weighted by Crippen LogP contribution is -2.49. The van der Waals surface area contributed by atoms with Crippen molar-refractivity contribution < 1.29 is 23.8 Å². The number of aromatic carboxylic acids is 1. The highest BCUT2D eigenvalue weighted by molar-refractivity contribution is 5.86. The quantitative estimate of drug-likeness (QED) is 0.808. The van der Waals surface area contributed by atoms with Gasteiger partial charge in [-0.25, -0.2) is 4.79 Å². The number of ether oxygens (including phenoxy) is 1. The van der Waals surface area contributed by atoms with E-state index in [1.165, 1.54) is 6.26 Å². The SMILES string of the molecule is CC(NCc1ccoc1C(=O)O)C(=O)N1CCOCC1. The van der Waals surface area contributed by atoms with Crippen molar-refractivity contribution in [3.05, 3.63) is 23.7 Å². The minimum Gasteiger partial charge on any atom is -0.475 e. The van der Waals surface area contributed by atoms with Crippen LogP contribution in [-0.2, 0) is 16.1 Å². The van der Waals surface area contributed by atoms with Crippen LogP contribution < -0.4 is 5.32 Å². The number of hydrogen-bond acceptors (Lipinski definition) is 5. The molecule has 7 nitrogen and oxygen atoms in total. The van der Waals surface area contributed by atoms with Crippen LogP contribution in [0.3, 0.4) is 0 Å². The Morgan fingerprint density at radius 1 is 1.45 bits per heavy atom. The highest BCUT2D eigenvalue weighted by atomic mass is 16.5. The van der Waals surface area contributed by atoms with Crippen molar-refractivity contribution in [2.75, 3.05) is 26.3 Å². The van der Waals surface area contributed by atoms with Crippen molar-refractivity contribution in [1.82, 2.24) is 10.2 Å². The molecular weight excluding hydrogens is 264 g/mol. The molecular formula is C13H18N2O5. The molecule has 1 saturated heterocycles. The number of morpholine rings is 1. The maximum absolute atomic E-state index is 12.1. The van der Waals surface area contributed by atoms with Gasteiger partial charge >= 0.3 is 5.97 Å². The third-order valence-corrected chi connectivity index (χ3v) is 3.23. The van der Waals surface area contributed by atoms with Crippen LogP contribution in [-0.4, -0.2) is 54.2 Å². The zero-order valence-corrected chi connectivity index (χ0v) is 11.3. The number of carbonyl (C=O) groups is 2. The summed E-state index contributed by atoms with van der Waals surface area (Å²) in [6.07, 6.45) is 1.33. The van der Waals surface area contributed by atoms with Gasteiger partial charge in [0.05, 0.1) is 25.5 Å². The molecule has 1 amide bonds. The number of furan rings is 1. The monoisotopic (exact) mass is 282 g/mol. The molecule has 1 aromatic rings. The highest BCUT2D eigenvalue weighted by Crippen LogP contribution is 2.10. The Labute approximate surface area is 116 Å². The molecule has 110 valence electrons. The predicted octanol–water partition coefficient (Wildman–Crippen LogP) is 0.315. The lowest BCUT2D eigenvalue weighted by Gasteiger charge is -2.29. The second-order valence-corrected chi connectivity index (χ2v) is 4.62. The Morgan fingerprint density at radius 2 is 2.15 bits per heavy atom. The molecule has 1 aromatic heterocycles. The van der Waals surface area contributed by atoms with Crippen LogP contribution in [0.2, 0.25) is 0 Å². The molecule has 0 saturated carbocycles. The zero-order chi connectivity index (χ0) is 14.5. The van der Waals surface area contributed by atoms with E-state index in [2.05, 4.69) is 5.32 Å². The fourth-order valence-corrected chi connectivity index (χ4v) is 2.07. The summed E-state index contributed by atoms with van der Waals surface area (Å²) in [7, 11) is 0. The first-order valence-electron chi connectivity index (χ1n) is 6.49. The van der Waals surface area contributed by atoms with E-state index in [9.17, 15) is 9.59 Å². The van der Waals surface area contributed by atoms with Gasteiger partial charge in [-0.2, -0.15) is 0 Å². The molecule has 0 spiro atoms. The minimum atomic E-state index is -1.11. The largest absolute Gasteiger partial charge is 0.475 e. The summed E-state index contributed by atoms with van der Waals surface area (Å²) in [5, 5.41) is 11.9. The van der Waals surface area contributed by atoms with Crippen LogP contribution in [0.1, 0.15) is 23.0 Å². The average Bonchev–Trinajstić information content (AvgIpc) is 2.93. The Morgan fingerprint density at radius 3 is 2.80 bits per heavy atom. The van der Waals surface area contributed by atoms with E-state index in [0.29, 0.717) is 31.9 Å². The van der Waals surface area contributed by atoms with E-state index in [4.69, 9.17) is 14.3 Å². The van der Waals surface area contributed by atoms with Crippen molar-refractivity contribution in [3.63, 3.8) is 0 Å². The number of carboxylic acid groups (broad SMARTS) is 1. The van der Waals surface area contributed by atoms with Gasteiger partial charge < -0.3 is 24.5 Å². The third kappa shape index (κ3) is 3.37. The van der Waals surface area contributed by atoms with Crippen LogP contribution in [0.5, 0.6) is 0 Å². The van der Waals surface area contributed by atoms with E-state index in [-0.39, 0.29) is 24.3 Å². The van der Waals surface area contributed by atoms with Crippen molar-refractivity contribution >= 4 is 11.9 Å². The van der Waals surface area contributed by atoms with Gasteiger partial charge in [-0.15, -0.1) is 0 Å². The second-order valence-electron chi connectivity index (χ2n) is 4.62. The number of nitrogens with one attached hydrogen (secondary N) is 1. The second kappa shape index (κ2) is 6.53. The van der Waals surface area contributed by atoms with Crippen LogP contribution in [0.25, 0.3) is 0 Å². The zero-order valence-electron chi connectivity index (χ0n) is 11.3. The summed E-state index contributed by atoms with van der Waals surface area (Å²) in [4.78, 5) is 24.8. The molecule has 1 fully saturated rings. The van der Waals surface area contributed by atoms with Crippen molar-refractivity contribution in [2.24, 2.45) is 0 Å². The molecule has 1 unspecified atom stereocenters. The summed E-state index contributed by atoms with van der Waals surface area (Å²) in [5.41, 5.74) is 0.527. The van der Waals surface area contributed by atoms with Crippen molar-refractivity contribution in [2.45, 2.75) is 19.5 Å². The lowest BCUT2D eigenvalue weighted by molar-refractivity contribution is -0.137. The number of nitrogens with zero attached hydrogens (tertiary/aromatic N) is 1. The topological polar surface area (TPSA) is 92.0 Å². The van der Waals surface area contributed by atoms with Gasteiger partial charge in [0.25, 0.3) is 0 Å². The van der Waals surface area contributed by atoms with Gasteiger partial charge in [-0.05, 0) is 13.0 Å². The molecule has 1 aliphatic rings. The normalized spacial score (nSPS) is 16.9. The maximum atomic E-state index is 12.1. The van der Waals surface area contributed by atoms with E-state index < -0.39 is 5.97 Å². The molecule has 7 heteroatoms. The molecule has 1 aliphatic heterocycles. The smallest absolute Gasteiger partial charge is 0.372 e. The molecule has 0 bridgehead atoms. The Hall–Kier alpha value is -1.86. The number of carbonyl (C=O) groups excluding carboxylic acids is 1. The molecule has 2 N–H and O–H groups in total. The molecule has 2 rings (SSSR count). The summed E-state index contributed by atoms with van der Waals surface area (Å²) < 4.78 is 10.1. The van der Waals surface area contributed by atoms with E-state index in [1.54, 1.807) is 17.9 Å². The fourth-order valence-electron chi connectivity index (χ4n) is 2.07. The number of carboxylic acids is 1. The van der Waals surface area contributed by atoms with Gasteiger partial charge in [0.1, 0.15) is 0 Å². The number of hydrogen-bond donors (Lipinski definition) is 2. The van der Waals surface area contributed by atoms with Crippen LogP contribution in [0.4, 0.5) is 0 Å². The maximum Gasteiger partial charge on any atom is 0.372 e. The summed E-state index contributed by atoms with van der Waals surface area (Å²) in [6, 6.07) is 1.20. The van der Waals surface area contributed by atoms with E-state index in [0.717, 1.165) is 0 Å².